The first-order chi connectivity index (χ1) is 16.8. The highest BCUT2D eigenvalue weighted by molar-refractivity contribution is 6.32. The summed E-state index contributed by atoms with van der Waals surface area (Å²) in [6.45, 7) is 7.44. The number of nitrogen functional groups attached to an aromatic ring is 1. The first-order valence-corrected chi connectivity index (χ1v) is 11.6. The highest BCUT2D eigenvalue weighted by Gasteiger charge is 2.29. The zero-order chi connectivity index (χ0) is 25.1. The van der Waals surface area contributed by atoms with E-state index in [0.29, 0.717) is 47.4 Å². The van der Waals surface area contributed by atoms with Crippen molar-refractivity contribution in [1.82, 2.24) is 19.9 Å². The van der Waals surface area contributed by atoms with E-state index < -0.39 is 0 Å². The van der Waals surface area contributed by atoms with Crippen LogP contribution in [0, 0.1) is 16.7 Å². The van der Waals surface area contributed by atoms with E-state index in [1.54, 1.807) is 19.2 Å². The van der Waals surface area contributed by atoms with Crippen LogP contribution in [0.3, 0.4) is 0 Å². The average Bonchev–Trinajstić information content (AvgIpc) is 2.97. The van der Waals surface area contributed by atoms with Gasteiger partial charge in [-0.1, -0.05) is 17.7 Å². The van der Waals surface area contributed by atoms with E-state index in [4.69, 9.17) is 27.5 Å². The van der Waals surface area contributed by atoms with Gasteiger partial charge in [-0.05, 0) is 38.5 Å². The summed E-state index contributed by atoms with van der Waals surface area (Å²) in [7, 11) is 0. The third-order valence-electron chi connectivity index (χ3n) is 5.89. The maximum atomic E-state index is 9.91. The molecule has 0 amide bonds. The van der Waals surface area contributed by atoms with Crippen molar-refractivity contribution in [3.63, 3.8) is 0 Å². The Morgan fingerprint density at radius 3 is 2.94 bits per heavy atom. The summed E-state index contributed by atoms with van der Waals surface area (Å²) in [5.74, 6) is 1.32. The van der Waals surface area contributed by atoms with Crippen molar-refractivity contribution in [2.75, 3.05) is 17.6 Å². The number of aromatic nitrogens is 3. The molecule has 1 aliphatic rings. The van der Waals surface area contributed by atoms with E-state index in [0.717, 1.165) is 16.7 Å². The number of nitrogens with one attached hydrogen (secondary N) is 2. The van der Waals surface area contributed by atoms with Crippen LogP contribution in [-0.4, -0.2) is 38.2 Å². The Balaban J connectivity index is 1.74. The van der Waals surface area contributed by atoms with E-state index in [2.05, 4.69) is 31.2 Å². The Morgan fingerprint density at radius 1 is 1.46 bits per heavy atom. The molecule has 0 fully saturated rings. The molecule has 3 aromatic rings. The molecule has 2 unspecified atom stereocenters. The van der Waals surface area contributed by atoms with Crippen LogP contribution in [0.1, 0.15) is 54.6 Å². The van der Waals surface area contributed by atoms with Crippen LogP contribution >= 0.6 is 11.6 Å². The smallest absolute Gasteiger partial charge is 0.141 e. The number of benzene rings is 1. The number of fused-ring (bicyclic) bond motifs is 1. The number of rotatable bonds is 6. The quantitative estimate of drug-likeness (QED) is 0.434. The number of anilines is 2. The van der Waals surface area contributed by atoms with Gasteiger partial charge in [-0.3, -0.25) is 9.88 Å². The maximum absolute atomic E-state index is 9.91. The van der Waals surface area contributed by atoms with Gasteiger partial charge in [0.25, 0.3) is 0 Å². The molecule has 0 bridgehead atoms. The van der Waals surface area contributed by atoms with Crippen molar-refractivity contribution in [3.8, 4) is 11.8 Å². The summed E-state index contributed by atoms with van der Waals surface area (Å²) in [6.07, 6.45) is 4.82. The van der Waals surface area contributed by atoms with Crippen LogP contribution in [0.15, 0.2) is 36.9 Å². The van der Waals surface area contributed by atoms with Gasteiger partial charge in [0.1, 0.15) is 35.9 Å². The Hall–Kier alpha value is -3.74. The minimum Gasteiger partial charge on any atom is -0.489 e. The molecule has 1 aromatic carbocycles. The minimum absolute atomic E-state index is 0.124. The van der Waals surface area contributed by atoms with Crippen molar-refractivity contribution in [3.05, 3.63) is 69.8 Å². The first-order valence-electron chi connectivity index (χ1n) is 11.2. The highest BCUT2D eigenvalue weighted by atomic mass is 35.5. The van der Waals surface area contributed by atoms with Gasteiger partial charge in [-0.15, -0.1) is 0 Å². The van der Waals surface area contributed by atoms with Crippen LogP contribution in [0.4, 0.5) is 11.6 Å². The fourth-order valence-electron chi connectivity index (χ4n) is 4.36. The lowest BCUT2D eigenvalue weighted by Crippen LogP contribution is -2.30. The zero-order valence-corrected chi connectivity index (χ0v) is 20.6. The van der Waals surface area contributed by atoms with E-state index in [9.17, 15) is 5.26 Å². The summed E-state index contributed by atoms with van der Waals surface area (Å²) in [6, 6.07) is 7.66. The number of hydrogen-bond acceptors (Lipinski definition) is 9. The van der Waals surface area contributed by atoms with E-state index in [-0.39, 0.29) is 23.7 Å². The van der Waals surface area contributed by atoms with Gasteiger partial charge in [0.15, 0.2) is 0 Å². The Morgan fingerprint density at radius 2 is 2.26 bits per heavy atom. The minimum atomic E-state index is -0.307. The number of pyridine rings is 1. The van der Waals surface area contributed by atoms with E-state index in [1.165, 1.54) is 6.33 Å². The van der Waals surface area contributed by atoms with Gasteiger partial charge in [-0.2, -0.15) is 5.26 Å². The topological polar surface area (TPSA) is 137 Å². The second-order valence-corrected chi connectivity index (χ2v) is 9.08. The van der Waals surface area contributed by atoms with Crippen molar-refractivity contribution in [2.45, 2.75) is 46.0 Å². The van der Waals surface area contributed by atoms with Gasteiger partial charge in [0.2, 0.25) is 0 Å². The lowest BCUT2D eigenvalue weighted by atomic mass is 9.97. The SMILES string of the molecule is CC(=N)c1c(N)ncnc1NC(C)c1cc(Cl)c(C#N)c2c1OC(C)CN(Cc1cccnc1)C2. The number of nitrogens with zero attached hydrogens (tertiary/aromatic N) is 5. The predicted molar refractivity (Wildman–Crippen MR) is 136 cm³/mol. The number of nitrogens with two attached hydrogens (primary N) is 1. The van der Waals surface area contributed by atoms with Gasteiger partial charge in [0, 0.05) is 48.9 Å². The second-order valence-electron chi connectivity index (χ2n) is 8.68. The molecule has 2 aromatic heterocycles. The molecule has 35 heavy (non-hydrogen) atoms. The molecule has 4 rings (SSSR count). The predicted octanol–water partition coefficient (Wildman–Crippen LogP) is 4.32. The average molecular weight is 491 g/mol. The summed E-state index contributed by atoms with van der Waals surface area (Å²) < 4.78 is 6.41. The molecular formula is C25H27ClN8O. The lowest BCUT2D eigenvalue weighted by Gasteiger charge is -2.23. The van der Waals surface area contributed by atoms with Crippen LogP contribution in [0.2, 0.25) is 5.02 Å². The number of halogens is 1. The molecular weight excluding hydrogens is 464 g/mol. The number of hydrogen-bond donors (Lipinski definition) is 3. The molecule has 0 radical (unpaired) electrons. The molecule has 180 valence electrons. The summed E-state index contributed by atoms with van der Waals surface area (Å²) in [5.41, 5.74) is 9.74. The van der Waals surface area contributed by atoms with Gasteiger partial charge in [0.05, 0.1) is 22.2 Å². The molecule has 10 heteroatoms. The zero-order valence-electron chi connectivity index (χ0n) is 19.8. The van der Waals surface area contributed by atoms with Gasteiger partial charge >= 0.3 is 0 Å². The summed E-state index contributed by atoms with van der Waals surface area (Å²) in [4.78, 5) is 14.8. The molecule has 3 heterocycles. The lowest BCUT2D eigenvalue weighted by molar-refractivity contribution is 0.155. The van der Waals surface area contributed by atoms with E-state index >= 15 is 0 Å². The van der Waals surface area contributed by atoms with Crippen LogP contribution in [0.5, 0.6) is 5.75 Å². The molecule has 0 aliphatic carbocycles. The van der Waals surface area contributed by atoms with Gasteiger partial charge in [-0.25, -0.2) is 9.97 Å². The molecule has 0 spiro atoms. The first kappa shape index (κ1) is 24.4. The number of ether oxygens (including phenoxy) is 1. The number of nitriles is 1. The Bertz CT molecular complexity index is 1290. The monoisotopic (exact) mass is 490 g/mol. The van der Waals surface area contributed by atoms with Crippen molar-refractivity contribution >= 4 is 28.9 Å². The normalized spacial score (nSPS) is 16.4. The Kier molecular flexibility index (Phi) is 7.15. The fraction of sp³-hybridized carbons (Fsp3) is 0.320. The maximum Gasteiger partial charge on any atom is 0.141 e. The standard InChI is InChI=1S/C25H27ClN8O/c1-14-10-34(11-17-5-4-6-30-9-17)12-20-19(8-27)21(26)7-18(23(20)35-14)16(3)33-25-22(15(2)28)24(29)31-13-32-25/h4-7,9,13-14,16,28H,10-12H2,1-3H3,(H3,29,31,32,33). The second kappa shape index (κ2) is 10.3. The third-order valence-corrected chi connectivity index (χ3v) is 6.19. The van der Waals surface area contributed by atoms with Crippen LogP contribution in [0.25, 0.3) is 0 Å². The molecule has 2 atom stereocenters. The Labute approximate surface area is 209 Å². The van der Waals surface area contributed by atoms with Crippen molar-refractivity contribution < 1.29 is 4.74 Å². The molecule has 0 saturated carbocycles. The van der Waals surface area contributed by atoms with E-state index in [1.807, 2.05) is 32.2 Å². The van der Waals surface area contributed by atoms with Crippen LogP contribution < -0.4 is 15.8 Å². The van der Waals surface area contributed by atoms with Crippen molar-refractivity contribution in [2.24, 2.45) is 0 Å². The largest absolute Gasteiger partial charge is 0.489 e. The van der Waals surface area contributed by atoms with Crippen molar-refractivity contribution in [1.29, 1.82) is 10.7 Å². The molecule has 1 aliphatic heterocycles. The molecule has 9 nitrogen and oxygen atoms in total. The van der Waals surface area contributed by atoms with Gasteiger partial charge < -0.3 is 21.2 Å². The molecule has 4 N–H and O–H groups in total. The summed E-state index contributed by atoms with van der Waals surface area (Å²) >= 11 is 6.60. The highest BCUT2D eigenvalue weighted by Crippen LogP contribution is 2.40. The van der Waals surface area contributed by atoms with Crippen LogP contribution in [-0.2, 0) is 13.1 Å². The fourth-order valence-corrected chi connectivity index (χ4v) is 4.63. The third kappa shape index (κ3) is 5.19. The summed E-state index contributed by atoms with van der Waals surface area (Å²) in [5, 5.41) is 21.7. The molecule has 0 saturated heterocycles.